The number of hydrogen-bond donors (Lipinski definition) is 2. The Morgan fingerprint density at radius 2 is 2.04 bits per heavy atom. The summed E-state index contributed by atoms with van der Waals surface area (Å²) in [6.07, 6.45) is 5.37. The maximum absolute atomic E-state index is 5.83. The quantitative estimate of drug-likeness (QED) is 0.422. The number of hydrogen-bond acceptors (Lipinski definition) is 3. The van der Waals surface area contributed by atoms with Crippen LogP contribution in [-0.2, 0) is 6.42 Å². The molecule has 140 valence electrons. The van der Waals surface area contributed by atoms with Crippen LogP contribution in [0.5, 0.6) is 0 Å². The molecular weight excluding hydrogens is 334 g/mol. The van der Waals surface area contributed by atoms with E-state index in [-0.39, 0.29) is 0 Å². The Morgan fingerprint density at radius 3 is 2.64 bits per heavy atom. The highest BCUT2D eigenvalue weighted by atomic mass is 35.5. The summed E-state index contributed by atoms with van der Waals surface area (Å²) in [5.41, 5.74) is 1.17. The summed E-state index contributed by atoms with van der Waals surface area (Å²) >= 11 is 5.83. The lowest BCUT2D eigenvalue weighted by Gasteiger charge is -2.29. The molecule has 1 aromatic heterocycles. The van der Waals surface area contributed by atoms with E-state index in [4.69, 9.17) is 16.6 Å². The Kier molecular flexibility index (Phi) is 8.49. The van der Waals surface area contributed by atoms with Gasteiger partial charge in [0.1, 0.15) is 5.15 Å². The van der Waals surface area contributed by atoms with E-state index in [9.17, 15) is 0 Å². The molecule has 1 aromatic rings. The number of nitrogens with zero attached hydrogens (tertiary/aromatic N) is 3. The van der Waals surface area contributed by atoms with Crippen LogP contribution in [0.15, 0.2) is 23.3 Å². The minimum atomic E-state index is 0.526. The van der Waals surface area contributed by atoms with Crippen LogP contribution in [0.25, 0.3) is 0 Å². The van der Waals surface area contributed by atoms with Gasteiger partial charge in [-0.2, -0.15) is 0 Å². The van der Waals surface area contributed by atoms with Gasteiger partial charge in [0.25, 0.3) is 0 Å². The van der Waals surface area contributed by atoms with Crippen LogP contribution in [0, 0.1) is 5.92 Å². The topological polar surface area (TPSA) is 52.6 Å². The lowest BCUT2D eigenvalue weighted by molar-refractivity contribution is 0.197. The summed E-state index contributed by atoms with van der Waals surface area (Å²) < 4.78 is 0. The summed E-state index contributed by atoms with van der Waals surface area (Å²) in [7, 11) is 0. The van der Waals surface area contributed by atoms with Crippen molar-refractivity contribution in [3.63, 3.8) is 0 Å². The van der Waals surface area contributed by atoms with Crippen molar-refractivity contribution in [3.05, 3.63) is 29.0 Å². The van der Waals surface area contributed by atoms with Crippen LogP contribution < -0.4 is 10.6 Å². The monoisotopic (exact) mass is 365 g/mol. The van der Waals surface area contributed by atoms with Crippen LogP contribution in [0.1, 0.15) is 39.2 Å². The molecule has 1 atom stereocenters. The number of aromatic nitrogens is 1. The first-order chi connectivity index (χ1) is 12.1. The molecule has 0 bridgehead atoms. The van der Waals surface area contributed by atoms with E-state index in [1.807, 2.05) is 18.3 Å². The number of pyridine rings is 1. The average Bonchev–Trinajstić information content (AvgIpc) is 3.10. The molecule has 1 unspecified atom stereocenters. The molecule has 2 heterocycles. The van der Waals surface area contributed by atoms with Crippen molar-refractivity contribution in [3.8, 4) is 0 Å². The SMILES string of the molecule is CCNC(=NCC(C(C)C)N1CCCC1)NCCc1ccc(Cl)nc1. The Hall–Kier alpha value is -1.33. The van der Waals surface area contributed by atoms with Gasteiger partial charge in [0.05, 0.1) is 6.54 Å². The van der Waals surface area contributed by atoms with Gasteiger partial charge in [0.15, 0.2) is 5.96 Å². The summed E-state index contributed by atoms with van der Waals surface area (Å²) in [5.74, 6) is 1.51. The molecule has 1 aliphatic heterocycles. The van der Waals surface area contributed by atoms with Crippen LogP contribution in [0.4, 0.5) is 0 Å². The molecule has 2 N–H and O–H groups in total. The first-order valence-electron chi connectivity index (χ1n) is 9.46. The number of rotatable bonds is 8. The molecule has 25 heavy (non-hydrogen) atoms. The van der Waals surface area contributed by atoms with Crippen LogP contribution in [0.2, 0.25) is 5.15 Å². The second kappa shape index (κ2) is 10.6. The maximum Gasteiger partial charge on any atom is 0.191 e. The van der Waals surface area contributed by atoms with Crippen LogP contribution in [-0.4, -0.2) is 54.6 Å². The predicted molar refractivity (Wildman–Crippen MR) is 106 cm³/mol. The van der Waals surface area contributed by atoms with Crippen LogP contribution in [0.3, 0.4) is 0 Å². The van der Waals surface area contributed by atoms with Gasteiger partial charge in [-0.05, 0) is 56.8 Å². The highest BCUT2D eigenvalue weighted by Crippen LogP contribution is 2.17. The third-order valence-electron chi connectivity index (χ3n) is 4.65. The smallest absolute Gasteiger partial charge is 0.191 e. The molecule has 5 nitrogen and oxygen atoms in total. The van der Waals surface area contributed by atoms with Gasteiger partial charge < -0.3 is 10.6 Å². The highest BCUT2D eigenvalue weighted by molar-refractivity contribution is 6.29. The van der Waals surface area contributed by atoms with Gasteiger partial charge in [-0.15, -0.1) is 0 Å². The Labute approximate surface area is 157 Å². The third-order valence-corrected chi connectivity index (χ3v) is 4.88. The lowest BCUT2D eigenvalue weighted by atomic mass is 10.0. The molecule has 0 saturated carbocycles. The van der Waals surface area contributed by atoms with E-state index in [0.717, 1.165) is 32.0 Å². The average molecular weight is 366 g/mol. The van der Waals surface area contributed by atoms with E-state index in [1.165, 1.54) is 31.5 Å². The second-order valence-electron chi connectivity index (χ2n) is 6.94. The van der Waals surface area contributed by atoms with Crippen LogP contribution >= 0.6 is 11.6 Å². The first-order valence-corrected chi connectivity index (χ1v) is 9.84. The second-order valence-corrected chi connectivity index (χ2v) is 7.33. The summed E-state index contributed by atoms with van der Waals surface area (Å²) in [6, 6.07) is 4.38. The third kappa shape index (κ3) is 6.83. The Bertz CT molecular complexity index is 523. The predicted octanol–water partition coefficient (Wildman–Crippen LogP) is 2.95. The number of nitrogens with one attached hydrogen (secondary N) is 2. The summed E-state index contributed by atoms with van der Waals surface area (Å²) in [4.78, 5) is 11.6. The molecule has 1 aliphatic rings. The largest absolute Gasteiger partial charge is 0.357 e. The highest BCUT2D eigenvalue weighted by Gasteiger charge is 2.24. The molecular formula is C19H32ClN5. The molecule has 2 rings (SSSR count). The van der Waals surface area contributed by atoms with Crippen molar-refractivity contribution in [2.75, 3.05) is 32.7 Å². The molecule has 0 aromatic carbocycles. The maximum atomic E-state index is 5.83. The Balaban J connectivity index is 1.86. The zero-order chi connectivity index (χ0) is 18.1. The van der Waals surface area contributed by atoms with Crippen molar-refractivity contribution in [2.45, 2.75) is 46.1 Å². The van der Waals surface area contributed by atoms with E-state index >= 15 is 0 Å². The van der Waals surface area contributed by atoms with Crippen molar-refractivity contribution >= 4 is 17.6 Å². The number of aliphatic imine (C=N–C) groups is 1. The minimum Gasteiger partial charge on any atom is -0.357 e. The fraction of sp³-hybridized carbons (Fsp3) is 0.684. The van der Waals surface area contributed by atoms with E-state index < -0.39 is 0 Å². The van der Waals surface area contributed by atoms with Crippen molar-refractivity contribution in [1.29, 1.82) is 0 Å². The molecule has 0 radical (unpaired) electrons. The normalized spacial score (nSPS) is 17.1. The van der Waals surface area contributed by atoms with Gasteiger partial charge in [-0.3, -0.25) is 9.89 Å². The zero-order valence-electron chi connectivity index (χ0n) is 15.8. The molecule has 0 aliphatic carbocycles. The van der Waals surface area contributed by atoms with Gasteiger partial charge in [0, 0.05) is 25.3 Å². The fourth-order valence-corrected chi connectivity index (χ4v) is 3.34. The summed E-state index contributed by atoms with van der Waals surface area (Å²) in [6.45, 7) is 11.7. The molecule has 0 spiro atoms. The van der Waals surface area contributed by atoms with Crippen molar-refractivity contribution in [1.82, 2.24) is 20.5 Å². The van der Waals surface area contributed by atoms with E-state index in [0.29, 0.717) is 17.1 Å². The molecule has 1 fully saturated rings. The van der Waals surface area contributed by atoms with Crippen molar-refractivity contribution in [2.24, 2.45) is 10.9 Å². The van der Waals surface area contributed by atoms with Crippen molar-refractivity contribution < 1.29 is 0 Å². The van der Waals surface area contributed by atoms with E-state index in [2.05, 4.69) is 41.3 Å². The minimum absolute atomic E-state index is 0.526. The summed E-state index contributed by atoms with van der Waals surface area (Å²) in [5, 5.41) is 7.31. The molecule has 1 saturated heterocycles. The number of guanidine groups is 1. The molecule has 6 heteroatoms. The van der Waals surface area contributed by atoms with Gasteiger partial charge in [0.2, 0.25) is 0 Å². The number of halogens is 1. The zero-order valence-corrected chi connectivity index (χ0v) is 16.5. The Morgan fingerprint density at radius 1 is 1.28 bits per heavy atom. The number of likely N-dealkylation sites (tertiary alicyclic amines) is 1. The van der Waals surface area contributed by atoms with Gasteiger partial charge >= 0.3 is 0 Å². The molecule has 0 amide bonds. The van der Waals surface area contributed by atoms with E-state index in [1.54, 1.807) is 0 Å². The first kappa shape index (κ1) is 20.0. The fourth-order valence-electron chi connectivity index (χ4n) is 3.23. The van der Waals surface area contributed by atoms with Gasteiger partial charge in [-0.25, -0.2) is 4.98 Å². The van der Waals surface area contributed by atoms with Gasteiger partial charge in [-0.1, -0.05) is 31.5 Å². The lowest BCUT2D eigenvalue weighted by Crippen LogP contribution is -2.42. The standard InChI is InChI=1S/C19H32ClN5/c1-4-21-19(22-10-9-16-7-8-18(20)23-13-16)24-14-17(15(2)3)25-11-5-6-12-25/h7-8,13,15,17H,4-6,9-12,14H2,1-3H3,(H2,21,22,24).